The van der Waals surface area contributed by atoms with Crippen molar-refractivity contribution < 1.29 is 23.8 Å². The van der Waals surface area contributed by atoms with E-state index in [1.54, 1.807) is 24.4 Å². The van der Waals surface area contributed by atoms with E-state index < -0.39 is 11.9 Å². The van der Waals surface area contributed by atoms with Gasteiger partial charge in [-0.25, -0.2) is 5.43 Å². The van der Waals surface area contributed by atoms with E-state index in [1.807, 2.05) is 63.2 Å². The molecule has 186 valence electrons. The number of nitrogens with one attached hydrogen (secondary N) is 2. The quantitative estimate of drug-likeness (QED) is 0.348. The monoisotopic (exact) mass is 487 g/mol. The predicted octanol–water partition coefficient (Wildman–Crippen LogP) is 4.21. The van der Waals surface area contributed by atoms with Crippen LogP contribution in [0.1, 0.15) is 40.9 Å². The molecular formula is C28H29N3O5. The summed E-state index contributed by atoms with van der Waals surface area (Å²) in [7, 11) is 0. The van der Waals surface area contributed by atoms with Crippen molar-refractivity contribution in [1.82, 2.24) is 10.7 Å². The molecule has 0 saturated heterocycles. The Hall–Kier alpha value is -4.33. The Kier molecular flexibility index (Phi) is 7.85. The second kappa shape index (κ2) is 11.4. The molecule has 0 aliphatic carbocycles. The Morgan fingerprint density at radius 1 is 1.03 bits per heavy atom. The van der Waals surface area contributed by atoms with E-state index in [0.717, 1.165) is 16.9 Å². The molecular weight excluding hydrogens is 458 g/mol. The fourth-order valence-electron chi connectivity index (χ4n) is 3.66. The van der Waals surface area contributed by atoms with E-state index in [2.05, 4.69) is 21.9 Å². The van der Waals surface area contributed by atoms with Crippen molar-refractivity contribution in [3.63, 3.8) is 0 Å². The molecule has 8 heteroatoms. The topological polar surface area (TPSA) is 98.2 Å². The summed E-state index contributed by atoms with van der Waals surface area (Å²) >= 11 is 0. The Morgan fingerprint density at radius 2 is 1.81 bits per heavy atom. The lowest BCUT2D eigenvalue weighted by Gasteiger charge is -2.20. The molecule has 1 heterocycles. The molecule has 3 aromatic carbocycles. The Bertz CT molecular complexity index is 1250. The van der Waals surface area contributed by atoms with Gasteiger partial charge in [0.2, 0.25) is 6.79 Å². The van der Waals surface area contributed by atoms with Crippen LogP contribution < -0.4 is 25.0 Å². The molecule has 4 rings (SSSR count). The van der Waals surface area contributed by atoms with Gasteiger partial charge in [-0.05, 0) is 66.4 Å². The highest BCUT2D eigenvalue weighted by Gasteiger charge is 2.25. The first-order valence-electron chi connectivity index (χ1n) is 11.7. The number of carbonyl (C=O) groups excluding carboxylic acids is 2. The second-order valence-electron chi connectivity index (χ2n) is 8.84. The average molecular weight is 488 g/mol. The summed E-state index contributed by atoms with van der Waals surface area (Å²) in [5.41, 5.74) is 5.99. The van der Waals surface area contributed by atoms with Crippen LogP contribution in [-0.2, 0) is 11.4 Å². The normalized spacial score (nSPS) is 13.0. The standard InChI is InChI=1S/C28H29N3O5/c1-18(2)26(30-27(32)22-9-12-24-25(14-22)36-17-35-24)28(33)31-29-15-20-7-10-23(11-8-20)34-16-21-6-4-5-19(3)13-21/h4-15,18,26H,16-17H2,1-3H3,(H,30,32)(H,31,33)/b29-15+. The van der Waals surface area contributed by atoms with Gasteiger partial charge in [0.15, 0.2) is 11.5 Å². The number of aryl methyl sites for hydroxylation is 1. The van der Waals surface area contributed by atoms with Gasteiger partial charge in [-0.15, -0.1) is 0 Å². The van der Waals surface area contributed by atoms with Crippen molar-refractivity contribution in [3.8, 4) is 17.2 Å². The number of ether oxygens (including phenoxy) is 3. The third kappa shape index (κ3) is 6.41. The molecule has 3 aromatic rings. The maximum Gasteiger partial charge on any atom is 0.262 e. The van der Waals surface area contributed by atoms with Gasteiger partial charge >= 0.3 is 0 Å². The van der Waals surface area contributed by atoms with Crippen molar-refractivity contribution in [2.24, 2.45) is 11.0 Å². The summed E-state index contributed by atoms with van der Waals surface area (Å²) in [6, 6.07) is 19.7. The van der Waals surface area contributed by atoms with E-state index >= 15 is 0 Å². The van der Waals surface area contributed by atoms with Crippen molar-refractivity contribution in [2.45, 2.75) is 33.4 Å². The first-order valence-corrected chi connectivity index (χ1v) is 11.7. The lowest BCUT2D eigenvalue weighted by molar-refractivity contribution is -0.123. The Balaban J connectivity index is 1.29. The van der Waals surface area contributed by atoms with Gasteiger partial charge in [0.25, 0.3) is 11.8 Å². The Labute approximate surface area is 210 Å². The third-order valence-electron chi connectivity index (χ3n) is 5.63. The van der Waals surface area contributed by atoms with Gasteiger partial charge < -0.3 is 19.5 Å². The Morgan fingerprint density at radius 3 is 2.56 bits per heavy atom. The minimum atomic E-state index is -0.766. The lowest BCUT2D eigenvalue weighted by Crippen LogP contribution is -2.48. The first-order chi connectivity index (χ1) is 17.4. The van der Waals surface area contributed by atoms with Crippen LogP contribution >= 0.6 is 0 Å². The van der Waals surface area contributed by atoms with Crippen LogP contribution in [0.4, 0.5) is 0 Å². The zero-order chi connectivity index (χ0) is 25.5. The minimum absolute atomic E-state index is 0.124. The molecule has 2 N–H and O–H groups in total. The average Bonchev–Trinajstić information content (AvgIpc) is 3.34. The minimum Gasteiger partial charge on any atom is -0.489 e. The number of nitrogens with zero attached hydrogens (tertiary/aromatic N) is 1. The van der Waals surface area contributed by atoms with Crippen molar-refractivity contribution in [3.05, 3.63) is 89.0 Å². The van der Waals surface area contributed by atoms with Crippen LogP contribution in [0, 0.1) is 12.8 Å². The predicted molar refractivity (Wildman–Crippen MR) is 136 cm³/mol. The molecule has 1 atom stereocenters. The number of hydrazone groups is 1. The molecule has 2 amide bonds. The van der Waals surface area contributed by atoms with E-state index in [1.165, 1.54) is 5.56 Å². The molecule has 0 spiro atoms. The van der Waals surface area contributed by atoms with Crippen LogP contribution in [0.5, 0.6) is 17.2 Å². The van der Waals surface area contributed by atoms with Gasteiger partial charge in [0, 0.05) is 5.56 Å². The smallest absolute Gasteiger partial charge is 0.262 e. The van der Waals surface area contributed by atoms with Gasteiger partial charge in [-0.3, -0.25) is 9.59 Å². The summed E-state index contributed by atoms with van der Waals surface area (Å²) < 4.78 is 16.4. The highest BCUT2D eigenvalue weighted by molar-refractivity contribution is 5.98. The maximum atomic E-state index is 12.7. The largest absolute Gasteiger partial charge is 0.489 e. The molecule has 0 saturated carbocycles. The van der Waals surface area contributed by atoms with Gasteiger partial charge in [0.05, 0.1) is 6.21 Å². The molecule has 0 aromatic heterocycles. The fraction of sp³-hybridized carbons (Fsp3) is 0.250. The molecule has 1 aliphatic heterocycles. The van der Waals surface area contributed by atoms with Crippen molar-refractivity contribution in [1.29, 1.82) is 0 Å². The molecule has 1 unspecified atom stereocenters. The van der Waals surface area contributed by atoms with Gasteiger partial charge in [-0.2, -0.15) is 5.10 Å². The SMILES string of the molecule is Cc1cccc(COc2ccc(/C=N/NC(=O)C(NC(=O)c3ccc4c(c3)OCO4)C(C)C)cc2)c1. The summed E-state index contributed by atoms with van der Waals surface area (Å²) in [6.07, 6.45) is 1.54. The van der Waals surface area contributed by atoms with Gasteiger partial charge in [-0.1, -0.05) is 43.7 Å². The summed E-state index contributed by atoms with van der Waals surface area (Å²) in [5.74, 6) is 0.891. The van der Waals surface area contributed by atoms with Crippen LogP contribution in [0.2, 0.25) is 0 Å². The molecule has 0 radical (unpaired) electrons. The fourth-order valence-corrected chi connectivity index (χ4v) is 3.66. The molecule has 36 heavy (non-hydrogen) atoms. The lowest BCUT2D eigenvalue weighted by atomic mass is 10.0. The maximum absolute atomic E-state index is 12.7. The molecule has 0 fully saturated rings. The van der Waals surface area contributed by atoms with E-state index in [-0.39, 0.29) is 18.6 Å². The number of hydrogen-bond acceptors (Lipinski definition) is 6. The van der Waals surface area contributed by atoms with Crippen molar-refractivity contribution in [2.75, 3.05) is 6.79 Å². The van der Waals surface area contributed by atoms with Gasteiger partial charge in [0.1, 0.15) is 18.4 Å². The highest BCUT2D eigenvalue weighted by Crippen LogP contribution is 2.32. The zero-order valence-corrected chi connectivity index (χ0v) is 20.5. The molecule has 0 bridgehead atoms. The second-order valence-corrected chi connectivity index (χ2v) is 8.84. The van der Waals surface area contributed by atoms with E-state index in [4.69, 9.17) is 14.2 Å². The summed E-state index contributed by atoms with van der Waals surface area (Å²) in [6.45, 7) is 6.36. The number of carbonyl (C=O) groups is 2. The van der Waals surface area contributed by atoms with Crippen LogP contribution in [0.3, 0.4) is 0 Å². The number of benzene rings is 3. The summed E-state index contributed by atoms with van der Waals surface area (Å²) in [4.78, 5) is 25.4. The number of amides is 2. The van der Waals surface area contributed by atoms with Crippen molar-refractivity contribution >= 4 is 18.0 Å². The van der Waals surface area contributed by atoms with Crippen LogP contribution in [0.15, 0.2) is 71.8 Å². The van der Waals surface area contributed by atoms with E-state index in [9.17, 15) is 9.59 Å². The van der Waals surface area contributed by atoms with Crippen LogP contribution in [-0.4, -0.2) is 30.9 Å². The van der Waals surface area contributed by atoms with Crippen LogP contribution in [0.25, 0.3) is 0 Å². The summed E-state index contributed by atoms with van der Waals surface area (Å²) in [5, 5.41) is 6.82. The zero-order valence-electron chi connectivity index (χ0n) is 20.5. The molecule has 8 nitrogen and oxygen atoms in total. The first kappa shape index (κ1) is 24.8. The number of rotatable bonds is 9. The number of hydrogen-bond donors (Lipinski definition) is 2. The third-order valence-corrected chi connectivity index (χ3v) is 5.63. The number of fused-ring (bicyclic) bond motifs is 1. The van der Waals surface area contributed by atoms with E-state index in [0.29, 0.717) is 23.7 Å². The molecule has 1 aliphatic rings. The highest BCUT2D eigenvalue weighted by atomic mass is 16.7.